The smallest absolute Gasteiger partial charge is 0.0251 e. The van der Waals surface area contributed by atoms with Crippen molar-refractivity contribution in [3.8, 4) is 0 Å². The van der Waals surface area contributed by atoms with E-state index in [0.29, 0.717) is 0 Å². The van der Waals surface area contributed by atoms with Crippen LogP contribution in [0.2, 0.25) is 0 Å². The molecule has 2 fully saturated rings. The fraction of sp³-hybridized carbons (Fsp3) is 1.00. The van der Waals surface area contributed by atoms with E-state index in [0.717, 1.165) is 36.5 Å². The summed E-state index contributed by atoms with van der Waals surface area (Å²) in [6.45, 7) is 8.12. The fourth-order valence-corrected chi connectivity index (χ4v) is 4.78. The maximum Gasteiger partial charge on any atom is 0.0251 e. The summed E-state index contributed by atoms with van der Waals surface area (Å²) in [5, 5.41) is 3.78. The molecular weight excluding hydrogens is 256 g/mol. The van der Waals surface area contributed by atoms with Gasteiger partial charge in [0, 0.05) is 18.1 Å². The molecule has 0 aromatic heterocycles. The van der Waals surface area contributed by atoms with Gasteiger partial charge in [-0.3, -0.25) is 4.90 Å². The van der Waals surface area contributed by atoms with Crippen LogP contribution >= 0.6 is 0 Å². The molecule has 0 aromatic carbocycles. The molecular formula is C19H38N2. The molecule has 2 nitrogen and oxygen atoms in total. The van der Waals surface area contributed by atoms with E-state index in [2.05, 4.69) is 38.0 Å². The average Bonchev–Trinajstić information content (AvgIpc) is 2.55. The standard InChI is InChI=1S/C19H38N2/c1-5-15-8-11-17(12-9-15)21(4)19-14-16(6-2)10-13-18(19)20-7-3/h15-20H,5-14H2,1-4H3. The Labute approximate surface area is 133 Å². The first-order valence-electron chi connectivity index (χ1n) is 9.64. The summed E-state index contributed by atoms with van der Waals surface area (Å²) in [5.74, 6) is 1.97. The Bertz CT molecular complexity index is 283. The summed E-state index contributed by atoms with van der Waals surface area (Å²) in [4.78, 5) is 2.78. The molecule has 0 spiro atoms. The number of hydrogen-bond acceptors (Lipinski definition) is 2. The van der Waals surface area contributed by atoms with Crippen molar-refractivity contribution in [2.75, 3.05) is 13.6 Å². The maximum atomic E-state index is 3.78. The van der Waals surface area contributed by atoms with E-state index < -0.39 is 0 Å². The second-order valence-electron chi connectivity index (χ2n) is 7.57. The van der Waals surface area contributed by atoms with Gasteiger partial charge in [0.05, 0.1) is 0 Å². The molecule has 0 heterocycles. The van der Waals surface area contributed by atoms with E-state index in [4.69, 9.17) is 0 Å². The van der Waals surface area contributed by atoms with E-state index in [1.165, 1.54) is 57.8 Å². The van der Waals surface area contributed by atoms with Crippen LogP contribution in [0.4, 0.5) is 0 Å². The van der Waals surface area contributed by atoms with Gasteiger partial charge in [-0.15, -0.1) is 0 Å². The highest BCUT2D eigenvalue weighted by Crippen LogP contribution is 2.35. The molecule has 0 radical (unpaired) electrons. The largest absolute Gasteiger partial charge is 0.313 e. The van der Waals surface area contributed by atoms with Crippen LogP contribution in [-0.4, -0.2) is 36.6 Å². The second kappa shape index (κ2) is 8.53. The summed E-state index contributed by atoms with van der Waals surface area (Å²) in [5.41, 5.74) is 0. The average molecular weight is 295 g/mol. The molecule has 3 unspecified atom stereocenters. The molecule has 2 aliphatic carbocycles. The van der Waals surface area contributed by atoms with Crippen LogP contribution in [-0.2, 0) is 0 Å². The van der Waals surface area contributed by atoms with Crippen LogP contribution in [0.25, 0.3) is 0 Å². The molecule has 0 bridgehead atoms. The van der Waals surface area contributed by atoms with E-state index in [1.807, 2.05) is 0 Å². The zero-order valence-electron chi connectivity index (χ0n) is 14.9. The third kappa shape index (κ3) is 4.45. The van der Waals surface area contributed by atoms with Crippen LogP contribution in [0.15, 0.2) is 0 Å². The lowest BCUT2D eigenvalue weighted by molar-refractivity contribution is 0.0590. The number of likely N-dealkylation sites (N-methyl/N-ethyl adjacent to an activating group) is 2. The number of nitrogens with one attached hydrogen (secondary N) is 1. The van der Waals surface area contributed by atoms with Crippen LogP contribution in [0, 0.1) is 11.8 Å². The maximum absolute atomic E-state index is 3.78. The highest BCUT2D eigenvalue weighted by atomic mass is 15.2. The lowest BCUT2D eigenvalue weighted by Gasteiger charge is -2.46. The molecule has 2 aliphatic rings. The van der Waals surface area contributed by atoms with Crippen molar-refractivity contribution in [1.82, 2.24) is 10.2 Å². The highest BCUT2D eigenvalue weighted by Gasteiger charge is 2.35. The molecule has 2 heteroatoms. The fourth-order valence-electron chi connectivity index (χ4n) is 4.78. The lowest BCUT2D eigenvalue weighted by atomic mass is 9.78. The van der Waals surface area contributed by atoms with Crippen LogP contribution < -0.4 is 5.32 Å². The first-order chi connectivity index (χ1) is 10.2. The molecule has 0 amide bonds. The molecule has 2 saturated carbocycles. The van der Waals surface area contributed by atoms with Gasteiger partial charge in [0.25, 0.3) is 0 Å². The second-order valence-corrected chi connectivity index (χ2v) is 7.57. The van der Waals surface area contributed by atoms with Gasteiger partial charge >= 0.3 is 0 Å². The van der Waals surface area contributed by atoms with Gasteiger partial charge in [0.15, 0.2) is 0 Å². The van der Waals surface area contributed by atoms with Gasteiger partial charge in [0.1, 0.15) is 0 Å². The molecule has 124 valence electrons. The SMILES string of the molecule is CCNC1CCC(CC)CC1N(C)C1CCC(CC)CC1. The molecule has 0 aliphatic heterocycles. The molecule has 21 heavy (non-hydrogen) atoms. The first kappa shape index (κ1) is 17.3. The summed E-state index contributed by atoms with van der Waals surface area (Å²) in [6.07, 6.45) is 12.8. The Kier molecular flexibility index (Phi) is 7.01. The van der Waals surface area contributed by atoms with E-state index in [1.54, 1.807) is 0 Å². The molecule has 2 rings (SSSR count). The molecule has 3 atom stereocenters. The predicted octanol–water partition coefficient (Wildman–Crippen LogP) is 4.44. The highest BCUT2D eigenvalue weighted by molar-refractivity contribution is 4.93. The van der Waals surface area contributed by atoms with Crippen LogP contribution in [0.5, 0.6) is 0 Å². The first-order valence-corrected chi connectivity index (χ1v) is 9.64. The van der Waals surface area contributed by atoms with Gasteiger partial charge in [-0.1, -0.05) is 33.6 Å². The number of hydrogen-bond donors (Lipinski definition) is 1. The minimum absolute atomic E-state index is 0.728. The van der Waals surface area contributed by atoms with Crippen molar-refractivity contribution in [3.63, 3.8) is 0 Å². The summed E-state index contributed by atoms with van der Waals surface area (Å²) in [6, 6.07) is 2.34. The Hall–Kier alpha value is -0.0800. The summed E-state index contributed by atoms with van der Waals surface area (Å²) >= 11 is 0. The van der Waals surface area contributed by atoms with Crippen molar-refractivity contribution >= 4 is 0 Å². The Balaban J connectivity index is 1.94. The quantitative estimate of drug-likeness (QED) is 0.779. The van der Waals surface area contributed by atoms with E-state index in [-0.39, 0.29) is 0 Å². The normalized spacial score (nSPS) is 37.9. The van der Waals surface area contributed by atoms with Crippen LogP contribution in [0.1, 0.15) is 78.6 Å². The van der Waals surface area contributed by atoms with Crippen molar-refractivity contribution in [2.24, 2.45) is 11.8 Å². The minimum atomic E-state index is 0.728. The lowest BCUT2D eigenvalue weighted by Crippen LogP contribution is -2.55. The molecule has 1 N–H and O–H groups in total. The summed E-state index contributed by atoms with van der Waals surface area (Å²) in [7, 11) is 2.42. The third-order valence-electron chi connectivity index (χ3n) is 6.46. The van der Waals surface area contributed by atoms with Gasteiger partial charge in [-0.05, 0) is 70.4 Å². The molecule has 0 saturated heterocycles. The molecule has 0 aromatic rings. The van der Waals surface area contributed by atoms with Gasteiger partial charge < -0.3 is 5.32 Å². The zero-order valence-corrected chi connectivity index (χ0v) is 14.9. The van der Waals surface area contributed by atoms with Gasteiger partial charge in [-0.2, -0.15) is 0 Å². The zero-order chi connectivity index (χ0) is 15.2. The third-order valence-corrected chi connectivity index (χ3v) is 6.46. The van der Waals surface area contributed by atoms with E-state index in [9.17, 15) is 0 Å². The van der Waals surface area contributed by atoms with Crippen LogP contribution in [0.3, 0.4) is 0 Å². The Morgan fingerprint density at radius 1 is 0.857 bits per heavy atom. The monoisotopic (exact) mass is 294 g/mol. The van der Waals surface area contributed by atoms with Gasteiger partial charge in [0.2, 0.25) is 0 Å². The van der Waals surface area contributed by atoms with Gasteiger partial charge in [-0.25, -0.2) is 0 Å². The topological polar surface area (TPSA) is 15.3 Å². The van der Waals surface area contributed by atoms with Crippen molar-refractivity contribution in [2.45, 2.75) is 96.7 Å². The van der Waals surface area contributed by atoms with Crippen molar-refractivity contribution < 1.29 is 0 Å². The Morgan fingerprint density at radius 2 is 1.48 bits per heavy atom. The Morgan fingerprint density at radius 3 is 2.05 bits per heavy atom. The van der Waals surface area contributed by atoms with Crippen molar-refractivity contribution in [1.29, 1.82) is 0 Å². The minimum Gasteiger partial charge on any atom is -0.313 e. The van der Waals surface area contributed by atoms with Crippen molar-refractivity contribution in [3.05, 3.63) is 0 Å². The predicted molar refractivity (Wildman–Crippen MR) is 92.7 cm³/mol. The summed E-state index contributed by atoms with van der Waals surface area (Å²) < 4.78 is 0. The van der Waals surface area contributed by atoms with E-state index >= 15 is 0 Å². The number of rotatable bonds is 6. The number of nitrogens with zero attached hydrogens (tertiary/aromatic N) is 1.